The van der Waals surface area contributed by atoms with Gasteiger partial charge in [-0.2, -0.15) is 5.10 Å². The Kier molecular flexibility index (Phi) is 5.03. The monoisotopic (exact) mass is 432 g/mol. The summed E-state index contributed by atoms with van der Waals surface area (Å²) in [5.74, 6) is 0.623. The van der Waals surface area contributed by atoms with Gasteiger partial charge in [0.15, 0.2) is 0 Å². The van der Waals surface area contributed by atoms with Gasteiger partial charge in [0.05, 0.1) is 24.6 Å². The average molecular weight is 433 g/mol. The van der Waals surface area contributed by atoms with Gasteiger partial charge in [-0.3, -0.25) is 4.79 Å². The van der Waals surface area contributed by atoms with E-state index in [1.165, 1.54) is 5.56 Å². The second-order valence-electron chi connectivity index (χ2n) is 8.58. The van der Waals surface area contributed by atoms with Crippen LogP contribution in [0.4, 0.5) is 5.69 Å². The van der Waals surface area contributed by atoms with Crippen LogP contribution in [0.5, 0.6) is 5.75 Å². The van der Waals surface area contributed by atoms with Gasteiger partial charge in [0.1, 0.15) is 11.4 Å². The van der Waals surface area contributed by atoms with Crippen LogP contribution in [-0.4, -0.2) is 41.5 Å². The van der Waals surface area contributed by atoms with Crippen LogP contribution < -0.4 is 15.0 Å². The molecule has 2 N–H and O–H groups in total. The zero-order valence-electron chi connectivity index (χ0n) is 18.6. The third-order valence-corrected chi connectivity index (χ3v) is 6.72. The molecule has 1 aromatic heterocycles. The SMILES string of the molecule is CNC1(c2ccc(N3CCc4c(C(C)O)nn(-c5ccc(OC)cc5)c4C3=O)cc2)CC1. The molecule has 1 aliphatic heterocycles. The first kappa shape index (κ1) is 20.7. The second kappa shape index (κ2) is 7.76. The molecule has 0 spiro atoms. The zero-order chi connectivity index (χ0) is 22.5. The molecule has 1 amide bonds. The first-order valence-corrected chi connectivity index (χ1v) is 11.0. The molecule has 2 heterocycles. The zero-order valence-corrected chi connectivity index (χ0v) is 18.6. The van der Waals surface area contributed by atoms with Crippen LogP contribution in [0.3, 0.4) is 0 Å². The molecule has 1 atom stereocenters. The van der Waals surface area contributed by atoms with Crippen molar-refractivity contribution in [2.24, 2.45) is 0 Å². The van der Waals surface area contributed by atoms with Gasteiger partial charge in [0, 0.05) is 23.3 Å². The van der Waals surface area contributed by atoms with E-state index in [-0.39, 0.29) is 11.4 Å². The smallest absolute Gasteiger partial charge is 0.277 e. The van der Waals surface area contributed by atoms with E-state index < -0.39 is 6.10 Å². The number of nitrogens with one attached hydrogen (secondary N) is 1. The highest BCUT2D eigenvalue weighted by atomic mass is 16.5. The van der Waals surface area contributed by atoms with E-state index in [0.717, 1.165) is 35.5 Å². The number of amides is 1. The summed E-state index contributed by atoms with van der Waals surface area (Å²) in [4.78, 5) is 15.5. The Hall–Kier alpha value is -3.16. The summed E-state index contributed by atoms with van der Waals surface area (Å²) in [5.41, 5.74) is 4.87. The maximum atomic E-state index is 13.7. The number of carbonyl (C=O) groups is 1. The Labute approximate surface area is 187 Å². The van der Waals surface area contributed by atoms with Crippen molar-refractivity contribution in [1.29, 1.82) is 0 Å². The highest BCUT2D eigenvalue weighted by molar-refractivity contribution is 6.07. The number of benzene rings is 2. The molecule has 0 radical (unpaired) electrons. The minimum absolute atomic E-state index is 0.0940. The van der Waals surface area contributed by atoms with Crippen molar-refractivity contribution in [2.45, 2.75) is 37.8 Å². The lowest BCUT2D eigenvalue weighted by Gasteiger charge is -2.28. The standard InChI is InChI=1S/C25H28N4O3/c1-16(30)22-21-12-15-28(18-6-4-17(5-7-18)25(26-2)13-14-25)24(31)23(21)29(27-22)19-8-10-20(32-3)11-9-19/h4-11,16,26,30H,12-15H2,1-3H3. The van der Waals surface area contributed by atoms with E-state index in [1.807, 2.05) is 43.4 Å². The van der Waals surface area contributed by atoms with Gasteiger partial charge in [0.2, 0.25) is 0 Å². The Morgan fingerprint density at radius 1 is 1.09 bits per heavy atom. The van der Waals surface area contributed by atoms with E-state index in [2.05, 4.69) is 22.5 Å². The largest absolute Gasteiger partial charge is 0.497 e. The highest BCUT2D eigenvalue weighted by Gasteiger charge is 2.42. The van der Waals surface area contributed by atoms with Gasteiger partial charge in [-0.25, -0.2) is 4.68 Å². The Balaban J connectivity index is 1.52. The van der Waals surface area contributed by atoms with Crippen molar-refractivity contribution in [2.75, 3.05) is 25.6 Å². The summed E-state index contributed by atoms with van der Waals surface area (Å²) in [7, 11) is 3.61. The molecule has 1 aliphatic carbocycles. The van der Waals surface area contributed by atoms with E-state index >= 15 is 0 Å². The molecule has 1 fully saturated rings. The fourth-order valence-electron chi connectivity index (χ4n) is 4.65. The van der Waals surface area contributed by atoms with Crippen LogP contribution in [0, 0.1) is 0 Å². The molecular weight excluding hydrogens is 404 g/mol. The van der Waals surface area contributed by atoms with Gasteiger partial charge in [-0.05, 0) is 75.2 Å². The fourth-order valence-corrected chi connectivity index (χ4v) is 4.65. The Morgan fingerprint density at radius 2 is 1.75 bits per heavy atom. The minimum Gasteiger partial charge on any atom is -0.497 e. The molecule has 166 valence electrons. The summed E-state index contributed by atoms with van der Waals surface area (Å²) in [5, 5.41) is 18.3. The van der Waals surface area contributed by atoms with E-state index in [9.17, 15) is 9.90 Å². The number of rotatable bonds is 6. The molecule has 2 aliphatic rings. The van der Waals surface area contributed by atoms with Crippen molar-refractivity contribution >= 4 is 11.6 Å². The molecule has 0 bridgehead atoms. The maximum absolute atomic E-state index is 13.7. The lowest BCUT2D eigenvalue weighted by Crippen LogP contribution is -2.39. The number of fused-ring (bicyclic) bond motifs is 1. The first-order chi connectivity index (χ1) is 15.5. The molecule has 0 saturated heterocycles. The molecular formula is C25H28N4O3. The van der Waals surface area contributed by atoms with Crippen molar-refractivity contribution in [3.05, 3.63) is 71.0 Å². The number of aliphatic hydroxyl groups excluding tert-OH is 1. The van der Waals surface area contributed by atoms with Crippen molar-refractivity contribution < 1.29 is 14.6 Å². The van der Waals surface area contributed by atoms with Crippen LogP contribution in [0.1, 0.15) is 53.2 Å². The van der Waals surface area contributed by atoms with Crippen LogP contribution in [0.25, 0.3) is 5.69 Å². The predicted molar refractivity (Wildman–Crippen MR) is 123 cm³/mol. The van der Waals surface area contributed by atoms with E-state index in [0.29, 0.717) is 24.4 Å². The summed E-state index contributed by atoms with van der Waals surface area (Å²) in [6.07, 6.45) is 2.16. The molecule has 5 rings (SSSR count). The second-order valence-corrected chi connectivity index (χ2v) is 8.58. The normalized spacial score (nSPS) is 17.8. The highest BCUT2D eigenvalue weighted by Crippen LogP contribution is 2.45. The van der Waals surface area contributed by atoms with Gasteiger partial charge in [0.25, 0.3) is 5.91 Å². The van der Waals surface area contributed by atoms with Crippen LogP contribution in [-0.2, 0) is 12.0 Å². The number of hydrogen-bond acceptors (Lipinski definition) is 5. The van der Waals surface area contributed by atoms with Gasteiger partial charge < -0.3 is 20.1 Å². The number of carbonyl (C=O) groups excluding carboxylic acids is 1. The number of aliphatic hydroxyl groups is 1. The quantitative estimate of drug-likeness (QED) is 0.625. The van der Waals surface area contributed by atoms with Crippen LogP contribution >= 0.6 is 0 Å². The topological polar surface area (TPSA) is 79.6 Å². The molecule has 3 aromatic rings. The molecule has 7 nitrogen and oxygen atoms in total. The van der Waals surface area contributed by atoms with Gasteiger partial charge in [-0.15, -0.1) is 0 Å². The predicted octanol–water partition coefficient (Wildman–Crippen LogP) is 3.35. The van der Waals surface area contributed by atoms with Gasteiger partial charge >= 0.3 is 0 Å². The number of anilines is 1. The lowest BCUT2D eigenvalue weighted by atomic mass is 9.99. The molecule has 1 saturated carbocycles. The third-order valence-electron chi connectivity index (χ3n) is 6.72. The average Bonchev–Trinajstić information content (AvgIpc) is 3.52. The Morgan fingerprint density at radius 3 is 2.31 bits per heavy atom. The maximum Gasteiger partial charge on any atom is 0.277 e. The summed E-state index contributed by atoms with van der Waals surface area (Å²) in [6, 6.07) is 15.7. The third kappa shape index (κ3) is 3.29. The van der Waals surface area contributed by atoms with Crippen molar-refractivity contribution in [3.8, 4) is 11.4 Å². The lowest BCUT2D eigenvalue weighted by molar-refractivity contribution is 0.0973. The van der Waals surface area contributed by atoms with Crippen molar-refractivity contribution in [1.82, 2.24) is 15.1 Å². The summed E-state index contributed by atoms with van der Waals surface area (Å²) >= 11 is 0. The number of aromatic nitrogens is 2. The Bertz CT molecular complexity index is 1150. The molecule has 7 heteroatoms. The minimum atomic E-state index is -0.752. The van der Waals surface area contributed by atoms with Crippen LogP contribution in [0.2, 0.25) is 0 Å². The molecule has 1 unspecified atom stereocenters. The summed E-state index contributed by atoms with van der Waals surface area (Å²) < 4.78 is 6.91. The van der Waals surface area contributed by atoms with Crippen LogP contribution in [0.15, 0.2) is 48.5 Å². The summed E-state index contributed by atoms with van der Waals surface area (Å²) in [6.45, 7) is 2.24. The first-order valence-electron chi connectivity index (χ1n) is 11.0. The number of nitrogens with zero attached hydrogens (tertiary/aromatic N) is 3. The fraction of sp³-hybridized carbons (Fsp3) is 0.360. The number of ether oxygens (including phenoxy) is 1. The van der Waals surface area contributed by atoms with E-state index in [4.69, 9.17) is 4.74 Å². The molecule has 32 heavy (non-hydrogen) atoms. The van der Waals surface area contributed by atoms with Crippen molar-refractivity contribution in [3.63, 3.8) is 0 Å². The van der Waals surface area contributed by atoms with E-state index in [1.54, 1.807) is 23.6 Å². The number of hydrogen-bond donors (Lipinski definition) is 2. The van der Waals surface area contributed by atoms with Gasteiger partial charge in [-0.1, -0.05) is 12.1 Å². The number of methoxy groups -OCH3 is 1. The molecule has 2 aromatic carbocycles.